The highest BCUT2D eigenvalue weighted by atomic mass is 16.6. The van der Waals surface area contributed by atoms with Gasteiger partial charge in [0, 0.05) is 38.4 Å². The van der Waals surface area contributed by atoms with Gasteiger partial charge in [-0.05, 0) is 27.7 Å². The van der Waals surface area contributed by atoms with Crippen LogP contribution in [0.2, 0.25) is 0 Å². The van der Waals surface area contributed by atoms with Gasteiger partial charge in [-0.1, -0.05) is 0 Å². The molecule has 0 aromatic carbocycles. The van der Waals surface area contributed by atoms with Crippen LogP contribution in [0, 0.1) is 0 Å². The van der Waals surface area contributed by atoms with Gasteiger partial charge < -0.3 is 19.3 Å². The molecule has 1 unspecified atom stereocenters. The summed E-state index contributed by atoms with van der Waals surface area (Å²) in [6.45, 7) is 9.51. The molecule has 1 atom stereocenters. The van der Waals surface area contributed by atoms with E-state index in [0.717, 1.165) is 0 Å². The van der Waals surface area contributed by atoms with E-state index in [9.17, 15) is 9.59 Å². The second-order valence-corrected chi connectivity index (χ2v) is 8.15. The van der Waals surface area contributed by atoms with Crippen LogP contribution in [0.3, 0.4) is 0 Å². The maximum Gasteiger partial charge on any atom is 0.410 e. The molecule has 0 spiro atoms. The molecule has 1 aliphatic rings. The number of hydrogen-bond donors (Lipinski definition) is 0. The van der Waals surface area contributed by atoms with Crippen LogP contribution in [-0.4, -0.2) is 76.5 Å². The monoisotopic (exact) mass is 405 g/mol. The number of hydrogen-bond acceptors (Lipinski definition) is 7. The van der Waals surface area contributed by atoms with Crippen molar-refractivity contribution in [2.24, 2.45) is 7.05 Å². The maximum atomic E-state index is 12.6. The Morgan fingerprint density at radius 1 is 1.21 bits per heavy atom. The number of methoxy groups -OCH3 is 1. The van der Waals surface area contributed by atoms with Crippen molar-refractivity contribution in [1.82, 2.24) is 19.7 Å². The molecule has 10 heteroatoms. The molecule has 2 aromatic heterocycles. The number of fused-ring (bicyclic) bond motifs is 1. The molecule has 10 nitrogen and oxygen atoms in total. The lowest BCUT2D eigenvalue weighted by atomic mass is 10.2. The van der Waals surface area contributed by atoms with E-state index in [1.165, 1.54) is 7.11 Å². The molecule has 0 saturated carbocycles. The summed E-state index contributed by atoms with van der Waals surface area (Å²) in [6.07, 6.45) is 2.42. The number of anilines is 1. The van der Waals surface area contributed by atoms with E-state index in [1.54, 1.807) is 40.5 Å². The fourth-order valence-corrected chi connectivity index (χ4v) is 3.16. The minimum absolute atomic E-state index is 0.163. The van der Waals surface area contributed by atoms with Crippen LogP contribution in [0.25, 0.3) is 5.65 Å². The van der Waals surface area contributed by atoms with Crippen molar-refractivity contribution in [1.29, 1.82) is 0 Å². The third kappa shape index (κ3) is 4.47. The van der Waals surface area contributed by atoms with Crippen molar-refractivity contribution in [3.8, 4) is 0 Å². The first-order chi connectivity index (χ1) is 13.6. The Kier molecular flexibility index (Phi) is 5.74. The fourth-order valence-electron chi connectivity index (χ4n) is 3.16. The normalized spacial score (nSPS) is 16.2. The number of aryl methyl sites for hydroxylation is 1. The molecule has 1 saturated heterocycles. The van der Waals surface area contributed by atoms with Gasteiger partial charge in [-0.3, -0.25) is 4.79 Å². The zero-order valence-electron chi connectivity index (χ0n) is 17.9. The number of carbonyl (C=O) groups is 2. The Bertz CT molecular complexity index is 911. The molecular weight excluding hydrogens is 376 g/mol. The standard InChI is InChI=1S/C19H29N6O4/c1-13(28-6)15(26)14-11-20-16(17-21-22(5)12-25(14)17)23-7-9-24(10-8-23)18(27)29-19(2,3)4/h11-13H,7-10H2,1-6H3/q+1. The summed E-state index contributed by atoms with van der Waals surface area (Å²) in [4.78, 5) is 33.2. The minimum atomic E-state index is -0.573. The molecule has 1 amide bonds. The number of ketones is 1. The van der Waals surface area contributed by atoms with E-state index < -0.39 is 11.7 Å². The highest BCUT2D eigenvalue weighted by molar-refractivity contribution is 5.96. The van der Waals surface area contributed by atoms with Crippen LogP contribution in [-0.2, 0) is 16.5 Å². The van der Waals surface area contributed by atoms with E-state index in [0.29, 0.717) is 43.3 Å². The second kappa shape index (κ2) is 7.94. The van der Waals surface area contributed by atoms with Crippen molar-refractivity contribution in [3.05, 3.63) is 18.2 Å². The van der Waals surface area contributed by atoms with E-state index in [1.807, 2.05) is 20.8 Å². The predicted octanol–water partition coefficient (Wildman–Crippen LogP) is 0.829. The van der Waals surface area contributed by atoms with Crippen LogP contribution in [0.4, 0.5) is 10.6 Å². The van der Waals surface area contributed by atoms with Gasteiger partial charge in [0.05, 0.1) is 13.2 Å². The van der Waals surface area contributed by atoms with E-state index >= 15 is 0 Å². The molecule has 3 heterocycles. The number of piperazine rings is 1. The van der Waals surface area contributed by atoms with Gasteiger partial charge in [0.15, 0.2) is 5.69 Å². The van der Waals surface area contributed by atoms with Crippen molar-refractivity contribution < 1.29 is 23.5 Å². The Hall–Kier alpha value is -2.75. The summed E-state index contributed by atoms with van der Waals surface area (Å²) in [5.41, 5.74) is 0.486. The molecule has 3 rings (SSSR count). The molecule has 158 valence electrons. The summed E-state index contributed by atoms with van der Waals surface area (Å²) in [5, 5.41) is 4.50. The van der Waals surface area contributed by atoms with Gasteiger partial charge in [-0.2, -0.15) is 4.40 Å². The predicted molar refractivity (Wildman–Crippen MR) is 105 cm³/mol. The molecule has 1 aliphatic heterocycles. The molecule has 0 bridgehead atoms. The topological polar surface area (TPSA) is 93.9 Å². The first kappa shape index (κ1) is 21.0. The van der Waals surface area contributed by atoms with Crippen LogP contribution >= 0.6 is 0 Å². The summed E-state index contributed by atoms with van der Waals surface area (Å²) < 4.78 is 14.0. The third-order valence-electron chi connectivity index (χ3n) is 4.74. The average molecular weight is 405 g/mol. The van der Waals surface area contributed by atoms with Crippen LogP contribution in [0.15, 0.2) is 12.5 Å². The van der Waals surface area contributed by atoms with Gasteiger partial charge in [-0.25, -0.2) is 9.78 Å². The van der Waals surface area contributed by atoms with Gasteiger partial charge in [0.2, 0.25) is 17.9 Å². The first-order valence-corrected chi connectivity index (χ1v) is 9.64. The van der Waals surface area contributed by atoms with Crippen molar-refractivity contribution >= 4 is 23.3 Å². The van der Waals surface area contributed by atoms with Gasteiger partial charge in [0.25, 0.3) is 0 Å². The molecule has 0 aliphatic carbocycles. The smallest absolute Gasteiger partial charge is 0.410 e. The number of nitrogens with zero attached hydrogens (tertiary/aromatic N) is 6. The molecule has 2 aromatic rings. The number of amides is 1. The van der Waals surface area contributed by atoms with E-state index in [2.05, 4.69) is 15.0 Å². The first-order valence-electron chi connectivity index (χ1n) is 9.64. The summed E-state index contributed by atoms with van der Waals surface area (Å²) in [7, 11) is 3.30. The lowest BCUT2D eigenvalue weighted by Crippen LogP contribution is -2.50. The van der Waals surface area contributed by atoms with Gasteiger partial charge in [0.1, 0.15) is 11.7 Å². The van der Waals surface area contributed by atoms with Crippen molar-refractivity contribution in [2.45, 2.75) is 39.4 Å². The number of aromatic nitrogens is 4. The Morgan fingerprint density at radius 2 is 1.86 bits per heavy atom. The Labute approximate surface area is 170 Å². The third-order valence-corrected chi connectivity index (χ3v) is 4.74. The highest BCUT2D eigenvalue weighted by Gasteiger charge is 2.31. The lowest BCUT2D eigenvalue weighted by Gasteiger charge is -2.35. The van der Waals surface area contributed by atoms with E-state index in [-0.39, 0.29) is 11.9 Å². The fraction of sp³-hybridized carbons (Fsp3) is 0.632. The molecular formula is C19H29N6O4+. The zero-order chi connectivity index (χ0) is 21.3. The number of carbonyl (C=O) groups excluding carboxylic acids is 2. The largest absolute Gasteiger partial charge is 0.444 e. The van der Waals surface area contributed by atoms with Gasteiger partial charge in [-0.15, -0.1) is 4.68 Å². The molecule has 0 N–H and O–H groups in total. The van der Waals surface area contributed by atoms with Crippen LogP contribution < -0.4 is 9.30 Å². The van der Waals surface area contributed by atoms with Crippen LogP contribution in [0.5, 0.6) is 0 Å². The molecule has 29 heavy (non-hydrogen) atoms. The molecule has 0 radical (unpaired) electrons. The van der Waals surface area contributed by atoms with Gasteiger partial charge >= 0.3 is 11.7 Å². The minimum Gasteiger partial charge on any atom is -0.444 e. The SMILES string of the molecule is COC(C)C(=O)c1cnc(N2CCN(C(=O)OC(C)(C)C)CC2)c2nn(C)c[n+]12. The number of Topliss-reactive ketones (excluding diaryl/α,β-unsaturated/α-hetero) is 1. The zero-order valence-corrected chi connectivity index (χ0v) is 17.9. The number of rotatable bonds is 4. The maximum absolute atomic E-state index is 12.6. The van der Waals surface area contributed by atoms with Crippen molar-refractivity contribution in [3.63, 3.8) is 0 Å². The highest BCUT2D eigenvalue weighted by Crippen LogP contribution is 2.19. The average Bonchev–Trinajstić information content (AvgIpc) is 3.06. The van der Waals surface area contributed by atoms with Crippen LogP contribution in [0.1, 0.15) is 38.2 Å². The summed E-state index contributed by atoms with van der Waals surface area (Å²) >= 11 is 0. The summed E-state index contributed by atoms with van der Waals surface area (Å²) in [6, 6.07) is 0. The quantitative estimate of drug-likeness (QED) is 0.549. The lowest BCUT2D eigenvalue weighted by molar-refractivity contribution is -0.516. The van der Waals surface area contributed by atoms with Crippen molar-refractivity contribution in [2.75, 3.05) is 38.2 Å². The molecule has 1 fully saturated rings. The van der Waals surface area contributed by atoms with E-state index in [4.69, 9.17) is 9.47 Å². The number of ether oxygens (including phenoxy) is 2. The Balaban J connectivity index is 1.82. The Morgan fingerprint density at radius 3 is 2.45 bits per heavy atom. The summed E-state index contributed by atoms with van der Waals surface area (Å²) in [5.74, 6) is 0.514. The second-order valence-electron chi connectivity index (χ2n) is 8.15.